The molecule has 1 aromatic rings. The zero-order chi connectivity index (χ0) is 13.5. The molecule has 0 saturated heterocycles. The zero-order valence-corrected chi connectivity index (χ0v) is 10.3. The second kappa shape index (κ2) is 6.66. The fourth-order valence-corrected chi connectivity index (χ4v) is 1.30. The minimum absolute atomic E-state index is 0.183. The Morgan fingerprint density at radius 2 is 2.06 bits per heavy atom. The molecular formula is C12H13ClN2O3. The number of hydrogen-bond donors (Lipinski definition) is 3. The first-order valence-electron chi connectivity index (χ1n) is 5.16. The van der Waals surface area contributed by atoms with Gasteiger partial charge in [-0.25, -0.2) is 9.59 Å². The summed E-state index contributed by atoms with van der Waals surface area (Å²) >= 11 is 5.49. The van der Waals surface area contributed by atoms with Crippen LogP contribution in [0.3, 0.4) is 0 Å². The van der Waals surface area contributed by atoms with Crippen molar-refractivity contribution in [1.82, 2.24) is 10.6 Å². The number of carboxylic acid groups (broad SMARTS) is 1. The molecule has 0 radical (unpaired) electrons. The maximum Gasteiger partial charge on any atom is 0.335 e. The molecule has 0 fully saturated rings. The van der Waals surface area contributed by atoms with Gasteiger partial charge in [0.1, 0.15) is 0 Å². The lowest BCUT2D eigenvalue weighted by atomic mass is 10.1. The summed E-state index contributed by atoms with van der Waals surface area (Å²) in [7, 11) is 0. The Labute approximate surface area is 109 Å². The third-order valence-corrected chi connectivity index (χ3v) is 2.20. The van der Waals surface area contributed by atoms with Gasteiger partial charge < -0.3 is 15.7 Å². The van der Waals surface area contributed by atoms with Crippen molar-refractivity contribution in [2.45, 2.75) is 6.54 Å². The van der Waals surface area contributed by atoms with Gasteiger partial charge in [-0.05, 0) is 17.7 Å². The van der Waals surface area contributed by atoms with Crippen LogP contribution in [-0.2, 0) is 6.54 Å². The van der Waals surface area contributed by atoms with Crippen LogP contribution in [0.2, 0.25) is 0 Å². The van der Waals surface area contributed by atoms with Gasteiger partial charge in [0, 0.05) is 11.6 Å². The van der Waals surface area contributed by atoms with Gasteiger partial charge in [0.25, 0.3) is 0 Å². The maximum atomic E-state index is 11.3. The van der Waals surface area contributed by atoms with E-state index < -0.39 is 12.0 Å². The van der Waals surface area contributed by atoms with Crippen LogP contribution in [0.4, 0.5) is 4.79 Å². The molecule has 6 heteroatoms. The number of nitrogens with one attached hydrogen (secondary N) is 2. The molecule has 5 nitrogen and oxygen atoms in total. The molecule has 0 aromatic heterocycles. The van der Waals surface area contributed by atoms with Crippen molar-refractivity contribution in [2.75, 3.05) is 6.54 Å². The third kappa shape index (κ3) is 4.88. The average Bonchev–Trinajstić information content (AvgIpc) is 2.34. The number of urea groups is 1. The summed E-state index contributed by atoms with van der Waals surface area (Å²) in [6.45, 7) is 3.85. The highest BCUT2D eigenvalue weighted by molar-refractivity contribution is 6.29. The van der Waals surface area contributed by atoms with Gasteiger partial charge in [0.05, 0.1) is 12.1 Å². The Morgan fingerprint density at radius 3 is 2.67 bits per heavy atom. The number of hydrogen-bond acceptors (Lipinski definition) is 2. The van der Waals surface area contributed by atoms with Crippen LogP contribution in [-0.4, -0.2) is 23.7 Å². The third-order valence-electron chi connectivity index (χ3n) is 2.07. The van der Waals surface area contributed by atoms with Crippen LogP contribution < -0.4 is 10.6 Å². The normalized spacial score (nSPS) is 9.61. The first kappa shape index (κ1) is 14.1. The van der Waals surface area contributed by atoms with Crippen LogP contribution in [0.1, 0.15) is 15.9 Å². The molecule has 1 aromatic carbocycles. The summed E-state index contributed by atoms with van der Waals surface area (Å²) in [5.41, 5.74) is 0.888. The minimum atomic E-state index is -1.00. The predicted molar refractivity (Wildman–Crippen MR) is 68.6 cm³/mol. The van der Waals surface area contributed by atoms with Gasteiger partial charge in [-0.1, -0.05) is 30.3 Å². The van der Waals surface area contributed by atoms with Crippen molar-refractivity contribution < 1.29 is 14.7 Å². The van der Waals surface area contributed by atoms with E-state index in [0.717, 1.165) is 0 Å². The summed E-state index contributed by atoms with van der Waals surface area (Å²) in [5, 5.41) is 14.2. The number of carbonyl (C=O) groups is 2. The molecule has 18 heavy (non-hydrogen) atoms. The number of halogens is 1. The first-order valence-corrected chi connectivity index (χ1v) is 5.54. The van der Waals surface area contributed by atoms with E-state index in [1.807, 2.05) is 0 Å². The Kier molecular flexibility index (Phi) is 5.20. The molecule has 96 valence electrons. The smallest absolute Gasteiger partial charge is 0.335 e. The number of rotatable bonds is 5. The molecule has 2 amide bonds. The molecule has 0 bridgehead atoms. The molecule has 1 rings (SSSR count). The average molecular weight is 269 g/mol. The summed E-state index contributed by atoms with van der Waals surface area (Å²) < 4.78 is 0. The second-order valence-electron chi connectivity index (χ2n) is 3.56. The number of amides is 2. The SMILES string of the molecule is C=C(Cl)CNC(=O)NCc1cccc(C(=O)O)c1. The molecular weight excluding hydrogens is 256 g/mol. The molecule has 0 unspecified atom stereocenters. The van der Waals surface area contributed by atoms with Crippen molar-refractivity contribution >= 4 is 23.6 Å². The molecule has 0 aliphatic heterocycles. The Hall–Kier alpha value is -2.01. The molecule has 0 aliphatic rings. The van der Waals surface area contributed by atoms with E-state index in [1.165, 1.54) is 12.1 Å². The number of benzene rings is 1. The van der Waals surface area contributed by atoms with E-state index in [-0.39, 0.29) is 18.7 Å². The molecule has 0 aliphatic carbocycles. The molecule has 0 saturated carbocycles. The Balaban J connectivity index is 2.48. The lowest BCUT2D eigenvalue weighted by Gasteiger charge is -2.07. The van der Waals surface area contributed by atoms with Crippen molar-refractivity contribution in [2.24, 2.45) is 0 Å². The van der Waals surface area contributed by atoms with Crippen LogP contribution in [0.25, 0.3) is 0 Å². The summed E-state index contributed by atoms with van der Waals surface area (Å²) in [5.74, 6) is -1.00. The van der Waals surface area contributed by atoms with E-state index in [0.29, 0.717) is 10.6 Å². The standard InChI is InChI=1S/C12H13ClN2O3/c1-8(13)6-14-12(18)15-7-9-3-2-4-10(5-9)11(16)17/h2-5H,1,6-7H2,(H,16,17)(H2,14,15,18). The van der Waals surface area contributed by atoms with E-state index in [9.17, 15) is 9.59 Å². The largest absolute Gasteiger partial charge is 0.478 e. The Morgan fingerprint density at radius 1 is 1.33 bits per heavy atom. The topological polar surface area (TPSA) is 78.4 Å². The quantitative estimate of drug-likeness (QED) is 0.764. The highest BCUT2D eigenvalue weighted by atomic mass is 35.5. The molecule has 3 N–H and O–H groups in total. The van der Waals surface area contributed by atoms with Crippen LogP contribution in [0.15, 0.2) is 35.9 Å². The lowest BCUT2D eigenvalue weighted by Crippen LogP contribution is -2.35. The zero-order valence-electron chi connectivity index (χ0n) is 9.57. The molecule has 0 spiro atoms. The van der Waals surface area contributed by atoms with Gasteiger partial charge in [0.2, 0.25) is 0 Å². The van der Waals surface area contributed by atoms with Crippen LogP contribution in [0, 0.1) is 0 Å². The van der Waals surface area contributed by atoms with Crippen molar-refractivity contribution in [1.29, 1.82) is 0 Å². The highest BCUT2D eigenvalue weighted by Gasteiger charge is 2.04. The highest BCUT2D eigenvalue weighted by Crippen LogP contribution is 2.04. The van der Waals surface area contributed by atoms with Gasteiger partial charge in [0.15, 0.2) is 0 Å². The van der Waals surface area contributed by atoms with E-state index in [1.54, 1.807) is 12.1 Å². The predicted octanol–water partition coefficient (Wildman–Crippen LogP) is 1.94. The van der Waals surface area contributed by atoms with Gasteiger partial charge >= 0.3 is 12.0 Å². The maximum absolute atomic E-state index is 11.3. The Bertz CT molecular complexity index is 474. The fraction of sp³-hybridized carbons (Fsp3) is 0.167. The van der Waals surface area contributed by atoms with Gasteiger partial charge in [-0.15, -0.1) is 0 Å². The van der Waals surface area contributed by atoms with Crippen molar-refractivity contribution in [3.63, 3.8) is 0 Å². The second-order valence-corrected chi connectivity index (χ2v) is 4.09. The lowest BCUT2D eigenvalue weighted by molar-refractivity contribution is 0.0696. The van der Waals surface area contributed by atoms with Gasteiger partial charge in [-0.2, -0.15) is 0 Å². The summed E-state index contributed by atoms with van der Waals surface area (Å²) in [6, 6.07) is 5.95. The number of carbonyl (C=O) groups excluding carboxylic acids is 1. The fourth-order valence-electron chi connectivity index (χ4n) is 1.24. The van der Waals surface area contributed by atoms with E-state index in [4.69, 9.17) is 16.7 Å². The first-order chi connectivity index (χ1) is 8.49. The minimum Gasteiger partial charge on any atom is -0.478 e. The van der Waals surface area contributed by atoms with Crippen molar-refractivity contribution in [3.8, 4) is 0 Å². The number of carboxylic acids is 1. The summed E-state index contributed by atoms with van der Waals surface area (Å²) in [4.78, 5) is 22.0. The van der Waals surface area contributed by atoms with Crippen molar-refractivity contribution in [3.05, 3.63) is 47.0 Å². The summed E-state index contributed by atoms with van der Waals surface area (Å²) in [6.07, 6.45) is 0. The molecule has 0 atom stereocenters. The molecule has 0 heterocycles. The van der Waals surface area contributed by atoms with E-state index in [2.05, 4.69) is 17.2 Å². The monoisotopic (exact) mass is 268 g/mol. The van der Waals surface area contributed by atoms with Crippen LogP contribution >= 0.6 is 11.6 Å². The number of aromatic carboxylic acids is 1. The van der Waals surface area contributed by atoms with Gasteiger partial charge in [-0.3, -0.25) is 0 Å². The van der Waals surface area contributed by atoms with Crippen LogP contribution in [0.5, 0.6) is 0 Å². The van der Waals surface area contributed by atoms with E-state index >= 15 is 0 Å².